The summed E-state index contributed by atoms with van der Waals surface area (Å²) in [6.07, 6.45) is 3.39. The van der Waals surface area contributed by atoms with E-state index < -0.39 is 22.6 Å². The number of halogens is 2. The molecule has 1 unspecified atom stereocenters. The van der Waals surface area contributed by atoms with Crippen molar-refractivity contribution < 1.29 is 13.0 Å². The highest BCUT2D eigenvalue weighted by atomic mass is 32.2. The van der Waals surface area contributed by atoms with Crippen molar-refractivity contribution in [3.8, 4) is 11.4 Å². The van der Waals surface area contributed by atoms with Crippen molar-refractivity contribution in [3.63, 3.8) is 0 Å². The number of benzene rings is 1. The fraction of sp³-hybridized carbons (Fsp3) is 0.312. The van der Waals surface area contributed by atoms with Crippen LogP contribution in [0, 0.1) is 0 Å². The molecule has 124 valence electrons. The van der Waals surface area contributed by atoms with Crippen LogP contribution in [-0.4, -0.2) is 36.5 Å². The van der Waals surface area contributed by atoms with Crippen molar-refractivity contribution in [2.45, 2.75) is 29.8 Å². The lowest BCUT2D eigenvalue weighted by Crippen LogP contribution is -2.17. The number of rotatable bonds is 4. The molecule has 1 fully saturated rings. The van der Waals surface area contributed by atoms with Gasteiger partial charge in [-0.3, -0.25) is 4.21 Å². The summed E-state index contributed by atoms with van der Waals surface area (Å²) in [5, 5.41) is 4.46. The molecule has 24 heavy (non-hydrogen) atoms. The molecular formula is C16H14F2N4OS. The van der Waals surface area contributed by atoms with E-state index >= 15 is 0 Å². The molecule has 8 heteroatoms. The van der Waals surface area contributed by atoms with Gasteiger partial charge in [0.1, 0.15) is 5.52 Å². The van der Waals surface area contributed by atoms with Crippen molar-refractivity contribution in [1.82, 2.24) is 19.6 Å². The average molecular weight is 348 g/mol. The van der Waals surface area contributed by atoms with E-state index in [9.17, 15) is 13.0 Å². The van der Waals surface area contributed by atoms with Gasteiger partial charge in [0.15, 0.2) is 5.82 Å². The molecule has 1 aliphatic carbocycles. The van der Waals surface area contributed by atoms with Gasteiger partial charge in [0.25, 0.3) is 0 Å². The van der Waals surface area contributed by atoms with Gasteiger partial charge in [0, 0.05) is 11.8 Å². The maximum absolute atomic E-state index is 13.2. The number of nitrogens with zero attached hydrogens (tertiary/aromatic N) is 4. The summed E-state index contributed by atoms with van der Waals surface area (Å²) < 4.78 is 39.5. The molecule has 3 aromatic rings. The van der Waals surface area contributed by atoms with Crippen LogP contribution in [0.25, 0.3) is 16.9 Å². The van der Waals surface area contributed by atoms with Gasteiger partial charge in [-0.15, -0.1) is 5.10 Å². The molecule has 5 nitrogen and oxygen atoms in total. The van der Waals surface area contributed by atoms with Gasteiger partial charge >= 0.3 is 0 Å². The SMILES string of the molecule is CS(=O)c1ncc2cnc(-c3ccc(C4(C(F)F)CC4)cc3)n2n1. The smallest absolute Gasteiger partial charge is 0.248 e. The molecule has 2 aromatic heterocycles. The van der Waals surface area contributed by atoms with Crippen molar-refractivity contribution >= 4 is 16.3 Å². The molecule has 0 N–H and O–H groups in total. The highest BCUT2D eigenvalue weighted by Gasteiger charge is 2.52. The van der Waals surface area contributed by atoms with Crippen LogP contribution in [0.5, 0.6) is 0 Å². The third-order valence-electron chi connectivity index (χ3n) is 4.44. The fourth-order valence-electron chi connectivity index (χ4n) is 2.83. The van der Waals surface area contributed by atoms with Crippen LogP contribution in [0.1, 0.15) is 18.4 Å². The summed E-state index contributed by atoms with van der Waals surface area (Å²) in [5.74, 6) is 0.563. The van der Waals surface area contributed by atoms with E-state index in [1.165, 1.54) is 6.26 Å². The van der Waals surface area contributed by atoms with Gasteiger partial charge in [-0.2, -0.15) is 0 Å². The van der Waals surface area contributed by atoms with Gasteiger partial charge in [0.2, 0.25) is 11.6 Å². The van der Waals surface area contributed by atoms with Gasteiger partial charge < -0.3 is 0 Å². The van der Waals surface area contributed by atoms with Gasteiger partial charge in [-0.05, 0) is 18.4 Å². The van der Waals surface area contributed by atoms with E-state index in [2.05, 4.69) is 15.1 Å². The van der Waals surface area contributed by atoms with Crippen LogP contribution >= 0.6 is 0 Å². The first-order valence-electron chi connectivity index (χ1n) is 7.44. The van der Waals surface area contributed by atoms with Crippen LogP contribution in [-0.2, 0) is 16.2 Å². The highest BCUT2D eigenvalue weighted by molar-refractivity contribution is 7.84. The first-order chi connectivity index (χ1) is 11.5. The minimum Gasteiger partial charge on any atom is -0.251 e. The normalized spacial score (nSPS) is 17.3. The number of hydrogen-bond acceptors (Lipinski definition) is 4. The largest absolute Gasteiger partial charge is 0.251 e. The predicted octanol–water partition coefficient (Wildman–Crippen LogP) is 2.83. The zero-order valence-electron chi connectivity index (χ0n) is 12.8. The first kappa shape index (κ1) is 15.3. The van der Waals surface area contributed by atoms with Gasteiger partial charge in [-0.25, -0.2) is 23.3 Å². The minimum absolute atomic E-state index is 0.216. The second-order valence-corrected chi connectivity index (χ2v) is 7.22. The Kier molecular flexibility index (Phi) is 3.45. The topological polar surface area (TPSA) is 60.2 Å². The molecule has 0 amide bonds. The quantitative estimate of drug-likeness (QED) is 0.727. The lowest BCUT2D eigenvalue weighted by molar-refractivity contribution is 0.102. The van der Waals surface area contributed by atoms with Crippen LogP contribution in [0.2, 0.25) is 0 Å². The van der Waals surface area contributed by atoms with Crippen molar-refractivity contribution in [2.75, 3.05) is 6.26 Å². The van der Waals surface area contributed by atoms with E-state index in [0.29, 0.717) is 29.7 Å². The van der Waals surface area contributed by atoms with E-state index in [-0.39, 0.29) is 5.16 Å². The Morgan fingerprint density at radius 2 is 1.83 bits per heavy atom. The molecule has 1 aromatic carbocycles. The Bertz CT molecular complexity index is 935. The predicted molar refractivity (Wildman–Crippen MR) is 85.5 cm³/mol. The summed E-state index contributed by atoms with van der Waals surface area (Å²) in [4.78, 5) is 8.35. The van der Waals surface area contributed by atoms with Crippen LogP contribution in [0.3, 0.4) is 0 Å². The first-order valence-corrected chi connectivity index (χ1v) is 9.00. The number of hydrogen-bond donors (Lipinski definition) is 0. The summed E-state index contributed by atoms with van der Waals surface area (Å²) in [6, 6.07) is 7.01. The molecule has 1 atom stereocenters. The van der Waals surface area contributed by atoms with E-state index in [1.807, 2.05) is 0 Å². The van der Waals surface area contributed by atoms with Crippen LogP contribution in [0.4, 0.5) is 8.78 Å². The lowest BCUT2D eigenvalue weighted by atomic mass is 9.95. The fourth-order valence-corrected chi connectivity index (χ4v) is 3.23. The van der Waals surface area contributed by atoms with Crippen molar-refractivity contribution in [1.29, 1.82) is 0 Å². The zero-order valence-corrected chi connectivity index (χ0v) is 13.6. The molecule has 4 rings (SSSR count). The molecule has 0 radical (unpaired) electrons. The summed E-state index contributed by atoms with van der Waals surface area (Å²) >= 11 is 0. The Hall–Kier alpha value is -2.22. The maximum Gasteiger partial charge on any atom is 0.248 e. The highest BCUT2D eigenvalue weighted by Crippen LogP contribution is 2.52. The molecule has 1 saturated carbocycles. The number of alkyl halides is 2. The van der Waals surface area contributed by atoms with E-state index in [0.717, 1.165) is 5.56 Å². The summed E-state index contributed by atoms with van der Waals surface area (Å²) in [6.45, 7) is 0. The van der Waals surface area contributed by atoms with Crippen molar-refractivity contribution in [3.05, 3.63) is 42.2 Å². The molecule has 0 bridgehead atoms. The number of fused-ring (bicyclic) bond motifs is 1. The molecule has 1 aliphatic rings. The third kappa shape index (κ3) is 2.32. The molecule has 0 aliphatic heterocycles. The standard InChI is InChI=1S/C16H14F2N4OS/c1-24(23)15-20-9-12-8-19-13(22(12)21-15)10-2-4-11(5-3-10)16(6-7-16)14(17)18/h2-5,8-9,14H,6-7H2,1H3. The molecule has 2 heterocycles. The lowest BCUT2D eigenvalue weighted by Gasteiger charge is -2.14. The Labute approximate surface area is 139 Å². The average Bonchev–Trinajstić information content (AvgIpc) is 3.29. The minimum atomic E-state index is -2.34. The Balaban J connectivity index is 1.75. The zero-order chi connectivity index (χ0) is 16.9. The second kappa shape index (κ2) is 5.41. The monoisotopic (exact) mass is 348 g/mol. The maximum atomic E-state index is 13.2. The van der Waals surface area contributed by atoms with E-state index in [1.54, 1.807) is 41.2 Å². The van der Waals surface area contributed by atoms with E-state index in [4.69, 9.17) is 0 Å². The number of imidazole rings is 1. The molecular weight excluding hydrogens is 334 g/mol. The molecule has 0 saturated heterocycles. The van der Waals surface area contributed by atoms with Crippen LogP contribution < -0.4 is 0 Å². The van der Waals surface area contributed by atoms with Gasteiger partial charge in [-0.1, -0.05) is 24.3 Å². The van der Waals surface area contributed by atoms with Crippen LogP contribution in [0.15, 0.2) is 41.8 Å². The third-order valence-corrected chi connectivity index (χ3v) is 5.14. The molecule has 0 spiro atoms. The Morgan fingerprint density at radius 3 is 2.42 bits per heavy atom. The van der Waals surface area contributed by atoms with Gasteiger partial charge in [0.05, 0.1) is 28.6 Å². The number of aromatic nitrogens is 4. The summed E-state index contributed by atoms with van der Waals surface area (Å²) in [7, 11) is -1.30. The second-order valence-electron chi connectivity index (χ2n) is 5.95. The summed E-state index contributed by atoms with van der Waals surface area (Å²) in [5.41, 5.74) is 1.12. The van der Waals surface area contributed by atoms with Crippen molar-refractivity contribution in [2.24, 2.45) is 0 Å². The Morgan fingerprint density at radius 1 is 1.17 bits per heavy atom.